The molecule has 19 heavy (non-hydrogen) atoms. The lowest BCUT2D eigenvalue weighted by atomic mass is 10.1. The van der Waals surface area contributed by atoms with Crippen molar-refractivity contribution in [1.29, 1.82) is 0 Å². The van der Waals surface area contributed by atoms with Gasteiger partial charge < -0.3 is 5.43 Å². The van der Waals surface area contributed by atoms with Crippen molar-refractivity contribution in [2.75, 3.05) is 5.43 Å². The van der Waals surface area contributed by atoms with Crippen molar-refractivity contribution in [3.8, 4) is 11.4 Å². The van der Waals surface area contributed by atoms with E-state index in [4.69, 9.17) is 5.84 Å². The first-order chi connectivity index (χ1) is 9.12. The number of nitrogens with one attached hydrogen (secondary N) is 1. The molecule has 0 fully saturated rings. The van der Waals surface area contributed by atoms with E-state index in [0.29, 0.717) is 5.82 Å². The van der Waals surface area contributed by atoms with Crippen LogP contribution in [0.25, 0.3) is 11.4 Å². The highest BCUT2D eigenvalue weighted by Crippen LogP contribution is 2.21. The van der Waals surface area contributed by atoms with Crippen molar-refractivity contribution >= 4 is 5.82 Å². The maximum atomic E-state index is 5.48. The molecule has 0 saturated heterocycles. The van der Waals surface area contributed by atoms with Crippen LogP contribution in [0.2, 0.25) is 0 Å². The molecule has 0 atom stereocenters. The minimum absolute atomic E-state index is 0.660. The zero-order valence-electron chi connectivity index (χ0n) is 11.7. The summed E-state index contributed by atoms with van der Waals surface area (Å²) in [7, 11) is 0. The first kappa shape index (κ1) is 13.5. The second kappa shape index (κ2) is 5.80. The van der Waals surface area contributed by atoms with Crippen LogP contribution in [0, 0.1) is 13.8 Å². The lowest BCUT2D eigenvalue weighted by molar-refractivity contribution is 0.875. The van der Waals surface area contributed by atoms with Gasteiger partial charge in [-0.25, -0.2) is 15.8 Å². The van der Waals surface area contributed by atoms with Crippen LogP contribution < -0.4 is 11.3 Å². The number of hydrazine groups is 1. The highest BCUT2D eigenvalue weighted by Gasteiger charge is 2.07. The molecule has 100 valence electrons. The number of nitrogens with two attached hydrogens (primary N) is 1. The smallest absolute Gasteiger partial charge is 0.161 e. The van der Waals surface area contributed by atoms with Crippen molar-refractivity contribution in [1.82, 2.24) is 9.97 Å². The highest BCUT2D eigenvalue weighted by molar-refractivity contribution is 5.59. The van der Waals surface area contributed by atoms with Crippen LogP contribution >= 0.6 is 0 Å². The van der Waals surface area contributed by atoms with Crippen LogP contribution in [0.4, 0.5) is 5.82 Å². The number of aromatic nitrogens is 2. The Morgan fingerprint density at radius 1 is 1.05 bits per heavy atom. The zero-order valence-corrected chi connectivity index (χ0v) is 11.7. The predicted octanol–water partition coefficient (Wildman–Crippen LogP) is 3.00. The lowest BCUT2D eigenvalue weighted by Crippen LogP contribution is -2.10. The molecule has 1 heterocycles. The van der Waals surface area contributed by atoms with Crippen LogP contribution in [0.5, 0.6) is 0 Å². The fraction of sp³-hybridized carbons (Fsp3) is 0.333. The summed E-state index contributed by atoms with van der Waals surface area (Å²) in [6.07, 6.45) is 1.97. The number of aryl methyl sites for hydroxylation is 3. The van der Waals surface area contributed by atoms with Gasteiger partial charge in [0.15, 0.2) is 5.82 Å². The number of anilines is 1. The summed E-state index contributed by atoms with van der Waals surface area (Å²) in [5, 5.41) is 0. The van der Waals surface area contributed by atoms with Crippen LogP contribution in [0.15, 0.2) is 24.3 Å². The third-order valence-corrected chi connectivity index (χ3v) is 2.91. The van der Waals surface area contributed by atoms with Crippen LogP contribution in [0.3, 0.4) is 0 Å². The second-order valence-electron chi connectivity index (χ2n) is 4.84. The monoisotopic (exact) mass is 256 g/mol. The minimum atomic E-state index is 0.660. The zero-order chi connectivity index (χ0) is 13.8. The van der Waals surface area contributed by atoms with Gasteiger partial charge in [-0.15, -0.1) is 0 Å². The molecule has 0 aliphatic rings. The molecule has 0 aliphatic carbocycles. The Morgan fingerprint density at radius 2 is 1.74 bits per heavy atom. The van der Waals surface area contributed by atoms with E-state index in [1.54, 1.807) is 0 Å². The maximum absolute atomic E-state index is 5.48. The van der Waals surface area contributed by atoms with Crippen LogP contribution in [-0.4, -0.2) is 9.97 Å². The van der Waals surface area contributed by atoms with E-state index in [1.807, 2.05) is 6.07 Å². The third kappa shape index (κ3) is 3.29. The molecule has 2 rings (SSSR count). The molecular weight excluding hydrogens is 236 g/mol. The van der Waals surface area contributed by atoms with E-state index >= 15 is 0 Å². The summed E-state index contributed by atoms with van der Waals surface area (Å²) >= 11 is 0. The average molecular weight is 256 g/mol. The summed E-state index contributed by atoms with van der Waals surface area (Å²) in [5.74, 6) is 6.87. The Morgan fingerprint density at radius 3 is 2.32 bits per heavy atom. The molecule has 0 spiro atoms. The Balaban J connectivity index is 2.50. The Labute approximate surface area is 114 Å². The maximum Gasteiger partial charge on any atom is 0.161 e. The second-order valence-corrected chi connectivity index (χ2v) is 4.84. The van der Waals surface area contributed by atoms with E-state index in [2.05, 4.69) is 54.4 Å². The van der Waals surface area contributed by atoms with Gasteiger partial charge in [-0.1, -0.05) is 30.5 Å². The largest absolute Gasteiger partial charge is 0.308 e. The number of rotatable bonds is 4. The lowest BCUT2D eigenvalue weighted by Gasteiger charge is -2.08. The normalized spacial score (nSPS) is 10.5. The summed E-state index contributed by atoms with van der Waals surface area (Å²) < 4.78 is 0. The molecule has 0 unspecified atom stereocenters. The van der Waals surface area contributed by atoms with Crippen molar-refractivity contribution in [3.05, 3.63) is 41.1 Å². The molecule has 1 aromatic heterocycles. The van der Waals surface area contributed by atoms with Crippen LogP contribution in [0.1, 0.15) is 30.2 Å². The molecule has 4 nitrogen and oxygen atoms in total. The van der Waals surface area contributed by atoms with Gasteiger partial charge in [0, 0.05) is 17.3 Å². The van der Waals surface area contributed by atoms with E-state index in [0.717, 1.165) is 29.9 Å². The third-order valence-electron chi connectivity index (χ3n) is 2.91. The first-order valence-corrected chi connectivity index (χ1v) is 6.55. The number of nitrogen functional groups attached to an aromatic ring is 1. The number of nitrogens with zero attached hydrogens (tertiary/aromatic N) is 2. The fourth-order valence-electron chi connectivity index (χ4n) is 2.19. The Hall–Kier alpha value is -1.94. The topological polar surface area (TPSA) is 63.8 Å². The summed E-state index contributed by atoms with van der Waals surface area (Å²) in [6, 6.07) is 8.23. The highest BCUT2D eigenvalue weighted by atomic mass is 15.3. The minimum Gasteiger partial charge on any atom is -0.308 e. The molecule has 0 amide bonds. The molecule has 4 heteroatoms. The summed E-state index contributed by atoms with van der Waals surface area (Å²) in [4.78, 5) is 9.06. The van der Waals surface area contributed by atoms with Crippen molar-refractivity contribution in [3.63, 3.8) is 0 Å². The molecule has 0 bridgehead atoms. The van der Waals surface area contributed by atoms with Crippen LogP contribution in [-0.2, 0) is 6.42 Å². The quantitative estimate of drug-likeness (QED) is 0.652. The van der Waals surface area contributed by atoms with Gasteiger partial charge in [0.1, 0.15) is 5.82 Å². The van der Waals surface area contributed by atoms with Gasteiger partial charge in [0.05, 0.1) is 0 Å². The van der Waals surface area contributed by atoms with E-state index in [-0.39, 0.29) is 0 Å². The number of benzene rings is 1. The predicted molar refractivity (Wildman–Crippen MR) is 78.7 cm³/mol. The molecule has 2 aromatic rings. The number of hydrogen-bond acceptors (Lipinski definition) is 4. The van der Waals surface area contributed by atoms with Gasteiger partial charge in [-0.3, -0.25) is 0 Å². The van der Waals surface area contributed by atoms with Crippen molar-refractivity contribution in [2.24, 2.45) is 5.84 Å². The summed E-state index contributed by atoms with van der Waals surface area (Å²) in [6.45, 7) is 6.29. The van der Waals surface area contributed by atoms with Gasteiger partial charge in [-0.2, -0.15) is 0 Å². The molecule has 1 aromatic carbocycles. The van der Waals surface area contributed by atoms with Crippen molar-refractivity contribution < 1.29 is 0 Å². The first-order valence-electron chi connectivity index (χ1n) is 6.55. The average Bonchev–Trinajstić information content (AvgIpc) is 2.37. The van der Waals surface area contributed by atoms with Gasteiger partial charge >= 0.3 is 0 Å². The molecule has 0 saturated carbocycles. The van der Waals surface area contributed by atoms with Crippen molar-refractivity contribution in [2.45, 2.75) is 33.6 Å². The molecule has 0 radical (unpaired) electrons. The number of hydrogen-bond donors (Lipinski definition) is 2. The Kier molecular flexibility index (Phi) is 4.12. The SMILES string of the molecule is CCCc1cc(NN)nc(-c2cc(C)cc(C)c2)n1. The molecule has 0 aliphatic heterocycles. The standard InChI is InChI=1S/C15H20N4/c1-4-5-13-9-14(19-16)18-15(17-13)12-7-10(2)6-11(3)8-12/h6-9H,4-5,16H2,1-3H3,(H,17,18,19). The molecule has 3 N–H and O–H groups in total. The Bertz CT molecular complexity index is 558. The summed E-state index contributed by atoms with van der Waals surface area (Å²) in [5.41, 5.74) is 7.08. The van der Waals surface area contributed by atoms with E-state index in [9.17, 15) is 0 Å². The van der Waals surface area contributed by atoms with E-state index < -0.39 is 0 Å². The molecular formula is C15H20N4. The van der Waals surface area contributed by atoms with Gasteiger partial charge in [0.25, 0.3) is 0 Å². The van der Waals surface area contributed by atoms with E-state index in [1.165, 1.54) is 11.1 Å². The van der Waals surface area contributed by atoms with Gasteiger partial charge in [0.2, 0.25) is 0 Å². The fourth-order valence-corrected chi connectivity index (χ4v) is 2.19. The van der Waals surface area contributed by atoms with Gasteiger partial charge in [-0.05, 0) is 32.4 Å².